The van der Waals surface area contributed by atoms with Crippen LogP contribution in [-0.2, 0) is 4.79 Å². The summed E-state index contributed by atoms with van der Waals surface area (Å²) in [6.07, 6.45) is -3.82. The highest BCUT2D eigenvalue weighted by molar-refractivity contribution is 6.30. The van der Waals surface area contributed by atoms with Crippen LogP contribution in [0.3, 0.4) is 0 Å². The third kappa shape index (κ3) is 5.18. The van der Waals surface area contributed by atoms with E-state index in [0.29, 0.717) is 5.02 Å². The van der Waals surface area contributed by atoms with Gasteiger partial charge in [0.05, 0.1) is 12.2 Å². The highest BCUT2D eigenvalue weighted by Crippen LogP contribution is 2.23. The highest BCUT2D eigenvalue weighted by Gasteiger charge is 2.25. The number of carboxylic acid groups (broad SMARTS) is 1. The van der Waals surface area contributed by atoms with Crippen molar-refractivity contribution in [1.29, 1.82) is 0 Å². The first-order chi connectivity index (χ1) is 9.85. The van der Waals surface area contributed by atoms with Crippen LogP contribution in [0.5, 0.6) is 5.75 Å². The van der Waals surface area contributed by atoms with Crippen molar-refractivity contribution in [3.63, 3.8) is 0 Å². The van der Waals surface area contributed by atoms with E-state index < -0.39 is 30.8 Å². The molecule has 0 radical (unpaired) electrons. The number of alkyl halides is 2. The Balaban J connectivity index is 2.94. The molecule has 0 bridgehead atoms. The molecule has 1 rings (SSSR count). The minimum absolute atomic E-state index is 0.0294. The van der Waals surface area contributed by atoms with Gasteiger partial charge in [0.1, 0.15) is 11.8 Å². The van der Waals surface area contributed by atoms with Gasteiger partial charge < -0.3 is 15.2 Å². The fourth-order valence-electron chi connectivity index (χ4n) is 1.59. The van der Waals surface area contributed by atoms with Crippen LogP contribution < -0.4 is 10.1 Å². The van der Waals surface area contributed by atoms with Gasteiger partial charge in [-0.25, -0.2) is 13.6 Å². The Kier molecular flexibility index (Phi) is 6.36. The molecule has 8 heteroatoms. The van der Waals surface area contributed by atoms with Gasteiger partial charge in [0, 0.05) is 11.4 Å². The van der Waals surface area contributed by atoms with Crippen LogP contribution in [0.2, 0.25) is 5.02 Å². The van der Waals surface area contributed by atoms with Gasteiger partial charge in [0.15, 0.2) is 0 Å². The van der Waals surface area contributed by atoms with Crippen LogP contribution >= 0.6 is 11.6 Å². The van der Waals surface area contributed by atoms with Gasteiger partial charge in [-0.15, -0.1) is 0 Å². The number of amides is 1. The van der Waals surface area contributed by atoms with Crippen LogP contribution in [0.15, 0.2) is 18.2 Å². The van der Waals surface area contributed by atoms with Crippen LogP contribution in [0, 0.1) is 0 Å². The monoisotopic (exact) mass is 321 g/mol. The number of nitrogens with one attached hydrogen (secondary N) is 1. The van der Waals surface area contributed by atoms with Crippen molar-refractivity contribution in [2.24, 2.45) is 0 Å². The molecule has 0 aliphatic rings. The molecule has 0 saturated heterocycles. The molecule has 21 heavy (non-hydrogen) atoms. The molecule has 1 unspecified atom stereocenters. The summed E-state index contributed by atoms with van der Waals surface area (Å²) in [5.74, 6) is -2.19. The van der Waals surface area contributed by atoms with E-state index in [9.17, 15) is 18.4 Å². The maximum atomic E-state index is 12.3. The Morgan fingerprint density at radius 3 is 2.62 bits per heavy atom. The Bertz CT molecular complexity index is 525. The molecular formula is C13H14ClF2NO4. The molecule has 116 valence electrons. The second kappa shape index (κ2) is 7.78. The molecule has 0 fully saturated rings. The predicted octanol–water partition coefficient (Wildman–Crippen LogP) is 2.58. The quantitative estimate of drug-likeness (QED) is 0.809. The minimum atomic E-state index is -2.84. The molecule has 1 aromatic carbocycles. The number of carboxylic acids is 1. The number of benzene rings is 1. The van der Waals surface area contributed by atoms with Crippen molar-refractivity contribution in [2.75, 3.05) is 6.61 Å². The summed E-state index contributed by atoms with van der Waals surface area (Å²) in [7, 11) is 0. The second-order valence-corrected chi connectivity index (χ2v) is 4.50. The number of aliphatic carboxylic acids is 1. The number of hydrogen-bond donors (Lipinski definition) is 2. The normalized spacial score (nSPS) is 12.0. The molecule has 0 aromatic heterocycles. The molecule has 1 aromatic rings. The average molecular weight is 322 g/mol. The SMILES string of the molecule is CCOc1cc(Cl)ccc1C(=O)NC(CC(F)F)C(=O)O. The number of hydrogen-bond acceptors (Lipinski definition) is 3. The third-order valence-electron chi connectivity index (χ3n) is 2.51. The van der Waals surface area contributed by atoms with Crippen molar-refractivity contribution in [1.82, 2.24) is 5.32 Å². The number of rotatable bonds is 7. The van der Waals surface area contributed by atoms with Crippen molar-refractivity contribution in [3.8, 4) is 5.75 Å². The zero-order chi connectivity index (χ0) is 16.0. The minimum Gasteiger partial charge on any atom is -0.493 e. The molecule has 1 amide bonds. The van der Waals surface area contributed by atoms with Gasteiger partial charge in [0.25, 0.3) is 5.91 Å². The smallest absolute Gasteiger partial charge is 0.326 e. The zero-order valence-corrected chi connectivity index (χ0v) is 11.9. The molecule has 0 aliphatic heterocycles. The highest BCUT2D eigenvalue weighted by atomic mass is 35.5. The van der Waals surface area contributed by atoms with E-state index in [2.05, 4.69) is 0 Å². The van der Waals surface area contributed by atoms with Crippen molar-refractivity contribution < 1.29 is 28.2 Å². The van der Waals surface area contributed by atoms with Crippen LogP contribution in [-0.4, -0.2) is 36.1 Å². The number of carbonyl (C=O) groups is 2. The Hall–Kier alpha value is -1.89. The van der Waals surface area contributed by atoms with E-state index in [1.165, 1.54) is 18.2 Å². The van der Waals surface area contributed by atoms with Crippen LogP contribution in [0.1, 0.15) is 23.7 Å². The van der Waals surface area contributed by atoms with E-state index in [4.69, 9.17) is 21.4 Å². The first kappa shape index (κ1) is 17.2. The standard InChI is InChI=1S/C13H14ClF2NO4/c1-2-21-10-5-7(14)3-4-8(10)12(18)17-9(13(19)20)6-11(15)16/h3-5,9,11H,2,6H2,1H3,(H,17,18)(H,19,20). The van der Waals surface area contributed by atoms with Gasteiger partial charge in [-0.3, -0.25) is 4.79 Å². The van der Waals surface area contributed by atoms with Crippen LogP contribution in [0.4, 0.5) is 8.78 Å². The number of carbonyl (C=O) groups excluding carboxylic acids is 1. The Morgan fingerprint density at radius 1 is 1.43 bits per heavy atom. The van der Waals surface area contributed by atoms with E-state index in [0.717, 1.165) is 0 Å². The third-order valence-corrected chi connectivity index (χ3v) is 2.74. The summed E-state index contributed by atoms with van der Waals surface area (Å²) in [6.45, 7) is 1.96. The zero-order valence-electron chi connectivity index (χ0n) is 11.1. The molecule has 0 heterocycles. The summed E-state index contributed by atoms with van der Waals surface area (Å²) in [6, 6.07) is 2.47. The van der Waals surface area contributed by atoms with Crippen molar-refractivity contribution >= 4 is 23.5 Å². The van der Waals surface area contributed by atoms with Gasteiger partial charge in [-0.1, -0.05) is 11.6 Å². The lowest BCUT2D eigenvalue weighted by Crippen LogP contribution is -2.42. The fraction of sp³-hybridized carbons (Fsp3) is 0.385. The van der Waals surface area contributed by atoms with Gasteiger partial charge in [-0.05, 0) is 25.1 Å². The molecule has 1 atom stereocenters. The van der Waals surface area contributed by atoms with E-state index in [-0.39, 0.29) is 17.9 Å². The van der Waals surface area contributed by atoms with Crippen LogP contribution in [0.25, 0.3) is 0 Å². The number of ether oxygens (including phenoxy) is 1. The molecule has 2 N–H and O–H groups in total. The Morgan fingerprint density at radius 2 is 2.10 bits per heavy atom. The molecule has 0 spiro atoms. The Labute approximate surface area is 124 Å². The lowest BCUT2D eigenvalue weighted by Gasteiger charge is -2.16. The summed E-state index contributed by atoms with van der Waals surface area (Å²) in [5, 5.41) is 11.2. The summed E-state index contributed by atoms with van der Waals surface area (Å²) >= 11 is 5.78. The van der Waals surface area contributed by atoms with E-state index in [1.807, 2.05) is 5.32 Å². The molecular weight excluding hydrogens is 308 g/mol. The van der Waals surface area contributed by atoms with Gasteiger partial charge in [0.2, 0.25) is 6.43 Å². The maximum absolute atomic E-state index is 12.3. The van der Waals surface area contributed by atoms with Crippen molar-refractivity contribution in [3.05, 3.63) is 28.8 Å². The maximum Gasteiger partial charge on any atom is 0.326 e. The molecule has 0 saturated carbocycles. The molecule has 0 aliphatic carbocycles. The number of halogens is 3. The van der Waals surface area contributed by atoms with E-state index in [1.54, 1.807) is 6.92 Å². The molecule has 5 nitrogen and oxygen atoms in total. The first-order valence-corrected chi connectivity index (χ1v) is 6.47. The lowest BCUT2D eigenvalue weighted by atomic mass is 10.1. The lowest BCUT2D eigenvalue weighted by molar-refractivity contribution is -0.140. The topological polar surface area (TPSA) is 75.6 Å². The summed E-state index contributed by atoms with van der Waals surface area (Å²) < 4.78 is 29.8. The first-order valence-electron chi connectivity index (χ1n) is 6.09. The van der Waals surface area contributed by atoms with Gasteiger partial charge in [-0.2, -0.15) is 0 Å². The van der Waals surface area contributed by atoms with Gasteiger partial charge >= 0.3 is 5.97 Å². The second-order valence-electron chi connectivity index (χ2n) is 4.06. The van der Waals surface area contributed by atoms with Crippen molar-refractivity contribution in [2.45, 2.75) is 25.8 Å². The average Bonchev–Trinajstić information content (AvgIpc) is 2.37. The summed E-state index contributed by atoms with van der Waals surface area (Å²) in [4.78, 5) is 22.9. The fourth-order valence-corrected chi connectivity index (χ4v) is 1.76. The predicted molar refractivity (Wildman–Crippen MR) is 72.1 cm³/mol. The van der Waals surface area contributed by atoms with E-state index >= 15 is 0 Å². The largest absolute Gasteiger partial charge is 0.493 e. The summed E-state index contributed by atoms with van der Waals surface area (Å²) in [5.41, 5.74) is 0.0294.